The molecule has 0 spiro atoms. The highest BCUT2D eigenvalue weighted by molar-refractivity contribution is 7.86. The Balaban J connectivity index is 1.76. The van der Waals surface area contributed by atoms with E-state index in [9.17, 15) is 22.9 Å². The van der Waals surface area contributed by atoms with Gasteiger partial charge in [0.25, 0.3) is 16.0 Å². The van der Waals surface area contributed by atoms with Crippen molar-refractivity contribution in [1.82, 2.24) is 0 Å². The second kappa shape index (κ2) is 10.6. The summed E-state index contributed by atoms with van der Waals surface area (Å²) >= 11 is 6.11. The smallest absolute Gasteiger partial charge is 0.296 e. The first-order valence-electron chi connectivity index (χ1n) is 11.1. The minimum absolute atomic E-state index is 0.0223. The summed E-state index contributed by atoms with van der Waals surface area (Å²) in [6.07, 6.45) is 0. The highest BCUT2D eigenvalue weighted by Crippen LogP contribution is 2.40. The Labute approximate surface area is 218 Å². The van der Waals surface area contributed by atoms with Crippen molar-refractivity contribution >= 4 is 55.5 Å². The number of aromatic hydroxyl groups is 1. The van der Waals surface area contributed by atoms with Crippen LogP contribution in [0.1, 0.15) is 22.8 Å². The minimum atomic E-state index is -4.52. The van der Waals surface area contributed by atoms with Crippen LogP contribution in [-0.2, 0) is 10.1 Å². The topological polar surface area (TPSA) is 138 Å². The highest BCUT2D eigenvalue weighted by atomic mass is 35.5. The summed E-state index contributed by atoms with van der Waals surface area (Å²) < 4.78 is 37.8. The summed E-state index contributed by atoms with van der Waals surface area (Å²) in [5.74, 6) is -0.365. The van der Waals surface area contributed by atoms with Gasteiger partial charge in [0.05, 0.1) is 22.9 Å². The number of rotatable bonds is 7. The molecule has 0 aliphatic carbocycles. The minimum Gasteiger partial charge on any atom is -0.505 e. The van der Waals surface area contributed by atoms with Gasteiger partial charge in [0, 0.05) is 17.1 Å². The number of halogens is 1. The molecule has 0 saturated carbocycles. The number of carbonyl (C=O) groups is 1. The van der Waals surface area contributed by atoms with Crippen LogP contribution in [-0.4, -0.2) is 30.6 Å². The Hall–Kier alpha value is -3.99. The zero-order valence-corrected chi connectivity index (χ0v) is 21.3. The van der Waals surface area contributed by atoms with Gasteiger partial charge in [-0.1, -0.05) is 41.9 Å². The normalized spacial score (nSPS) is 11.7. The van der Waals surface area contributed by atoms with E-state index >= 15 is 0 Å². The van der Waals surface area contributed by atoms with Gasteiger partial charge in [-0.25, -0.2) is 0 Å². The first-order chi connectivity index (χ1) is 17.6. The SMILES string of the molecule is CCOc1cccc(NC(=O)c2cc3ccccc3c(N=Nc3ccc(S(=O)(=O)O)c(Cl)c3C)c2O)c1. The van der Waals surface area contributed by atoms with E-state index < -0.39 is 20.9 Å². The number of ether oxygens (including phenoxy) is 1. The number of phenols is 1. The van der Waals surface area contributed by atoms with Gasteiger partial charge in [0.15, 0.2) is 5.75 Å². The van der Waals surface area contributed by atoms with Gasteiger partial charge in [0.2, 0.25) is 0 Å². The van der Waals surface area contributed by atoms with Gasteiger partial charge in [-0.15, -0.1) is 5.11 Å². The largest absolute Gasteiger partial charge is 0.505 e. The number of hydrogen-bond acceptors (Lipinski definition) is 7. The van der Waals surface area contributed by atoms with Gasteiger partial charge < -0.3 is 15.2 Å². The molecule has 0 aliphatic rings. The number of azo groups is 1. The van der Waals surface area contributed by atoms with E-state index in [1.807, 2.05) is 6.92 Å². The first-order valence-corrected chi connectivity index (χ1v) is 12.9. The monoisotopic (exact) mass is 539 g/mol. The van der Waals surface area contributed by atoms with Crippen LogP contribution >= 0.6 is 11.6 Å². The number of nitrogens with one attached hydrogen (secondary N) is 1. The van der Waals surface area contributed by atoms with Crippen LogP contribution in [0.15, 0.2) is 81.9 Å². The average Bonchev–Trinajstić information content (AvgIpc) is 2.85. The summed E-state index contributed by atoms with van der Waals surface area (Å²) in [5, 5.41) is 23.1. The van der Waals surface area contributed by atoms with E-state index in [-0.39, 0.29) is 33.3 Å². The first kappa shape index (κ1) is 26.1. The molecule has 11 heteroatoms. The zero-order chi connectivity index (χ0) is 26.7. The number of carbonyl (C=O) groups excluding carboxylic acids is 1. The summed E-state index contributed by atoms with van der Waals surface area (Å²) in [7, 11) is -4.52. The second-order valence-corrected chi connectivity index (χ2v) is 9.72. The third-order valence-electron chi connectivity index (χ3n) is 5.50. The molecule has 0 atom stereocenters. The van der Waals surface area contributed by atoms with Crippen molar-refractivity contribution in [2.24, 2.45) is 10.2 Å². The maximum atomic E-state index is 13.1. The molecule has 0 bridgehead atoms. The molecule has 0 unspecified atom stereocenters. The molecule has 3 N–H and O–H groups in total. The Morgan fingerprint density at radius 3 is 2.54 bits per heavy atom. The predicted molar refractivity (Wildman–Crippen MR) is 141 cm³/mol. The molecule has 4 aromatic rings. The molecule has 0 fully saturated rings. The van der Waals surface area contributed by atoms with Crippen molar-refractivity contribution in [1.29, 1.82) is 0 Å². The van der Waals surface area contributed by atoms with Crippen molar-refractivity contribution in [3.05, 3.63) is 82.9 Å². The van der Waals surface area contributed by atoms with Gasteiger partial charge in [-0.05, 0) is 55.1 Å². The number of amides is 1. The van der Waals surface area contributed by atoms with Crippen LogP contribution < -0.4 is 10.1 Å². The summed E-state index contributed by atoms with van der Waals surface area (Å²) in [4.78, 5) is 12.7. The fraction of sp³-hybridized carbons (Fsp3) is 0.115. The summed E-state index contributed by atoms with van der Waals surface area (Å²) in [6, 6.07) is 17.9. The Bertz CT molecular complexity index is 1650. The van der Waals surface area contributed by atoms with E-state index in [0.29, 0.717) is 28.8 Å². The highest BCUT2D eigenvalue weighted by Gasteiger charge is 2.20. The van der Waals surface area contributed by atoms with Crippen molar-refractivity contribution in [2.75, 3.05) is 11.9 Å². The molecule has 4 rings (SSSR count). The maximum absolute atomic E-state index is 13.1. The van der Waals surface area contributed by atoms with Crippen molar-refractivity contribution < 1.29 is 27.6 Å². The zero-order valence-electron chi connectivity index (χ0n) is 19.8. The Morgan fingerprint density at radius 1 is 1.05 bits per heavy atom. The van der Waals surface area contributed by atoms with Gasteiger partial charge in [-0.3, -0.25) is 9.35 Å². The Kier molecular flexibility index (Phi) is 7.44. The van der Waals surface area contributed by atoms with Crippen molar-refractivity contribution in [3.8, 4) is 11.5 Å². The molecular weight excluding hydrogens is 518 g/mol. The number of benzene rings is 4. The second-order valence-electron chi connectivity index (χ2n) is 7.95. The lowest BCUT2D eigenvalue weighted by Crippen LogP contribution is -2.12. The van der Waals surface area contributed by atoms with Crippen LogP contribution in [0.4, 0.5) is 17.1 Å². The predicted octanol–water partition coefficient (Wildman–Crippen LogP) is 6.82. The lowest BCUT2D eigenvalue weighted by molar-refractivity contribution is 0.102. The molecule has 0 saturated heterocycles. The fourth-order valence-electron chi connectivity index (χ4n) is 3.68. The summed E-state index contributed by atoms with van der Waals surface area (Å²) in [5.41, 5.74) is 0.971. The van der Waals surface area contributed by atoms with E-state index in [0.717, 1.165) is 6.07 Å². The Morgan fingerprint density at radius 2 is 1.81 bits per heavy atom. The standard InChI is InChI=1S/C26H22ClN3O6S/c1-3-36-18-9-6-8-17(14-18)28-26(32)20-13-16-7-4-5-10-19(16)24(25(20)31)30-29-21-11-12-22(37(33,34)35)23(27)15(21)2/h4-14,31H,3H2,1-2H3,(H,28,32)(H,33,34,35). The van der Waals surface area contributed by atoms with E-state index in [1.165, 1.54) is 13.0 Å². The molecule has 9 nitrogen and oxygen atoms in total. The fourth-order valence-corrected chi connectivity index (χ4v) is 4.75. The average molecular weight is 540 g/mol. The third-order valence-corrected chi connectivity index (χ3v) is 7.00. The molecule has 0 aliphatic heterocycles. The third kappa shape index (κ3) is 5.56. The molecule has 37 heavy (non-hydrogen) atoms. The number of fused-ring (bicyclic) bond motifs is 1. The lowest BCUT2D eigenvalue weighted by atomic mass is 10.0. The molecule has 0 radical (unpaired) electrons. The van der Waals surface area contributed by atoms with Crippen LogP contribution in [0, 0.1) is 6.92 Å². The molecule has 0 heterocycles. The van der Waals surface area contributed by atoms with E-state index in [4.69, 9.17) is 16.3 Å². The quantitative estimate of drug-likeness (QED) is 0.174. The number of hydrogen-bond donors (Lipinski definition) is 3. The van der Waals surface area contributed by atoms with Gasteiger partial charge >= 0.3 is 0 Å². The number of phenolic OH excluding ortho intramolecular Hbond substituents is 1. The van der Waals surface area contributed by atoms with Crippen molar-refractivity contribution in [3.63, 3.8) is 0 Å². The van der Waals surface area contributed by atoms with E-state index in [2.05, 4.69) is 15.5 Å². The number of anilines is 1. The molecule has 190 valence electrons. The van der Waals surface area contributed by atoms with Crippen LogP contribution in [0.3, 0.4) is 0 Å². The van der Waals surface area contributed by atoms with Gasteiger partial charge in [-0.2, -0.15) is 13.5 Å². The van der Waals surface area contributed by atoms with Crippen LogP contribution in [0.2, 0.25) is 5.02 Å². The molecule has 1 amide bonds. The molecule has 0 aromatic heterocycles. The van der Waals surface area contributed by atoms with E-state index in [1.54, 1.807) is 54.6 Å². The molecular formula is C26H22ClN3O6S. The molecule has 4 aromatic carbocycles. The van der Waals surface area contributed by atoms with Crippen LogP contribution in [0.25, 0.3) is 10.8 Å². The van der Waals surface area contributed by atoms with Gasteiger partial charge in [0.1, 0.15) is 16.3 Å². The van der Waals surface area contributed by atoms with Crippen molar-refractivity contribution in [2.45, 2.75) is 18.7 Å². The van der Waals surface area contributed by atoms with Crippen LogP contribution in [0.5, 0.6) is 11.5 Å². The lowest BCUT2D eigenvalue weighted by Gasteiger charge is -2.12. The number of nitrogens with zero attached hydrogens (tertiary/aromatic N) is 2. The maximum Gasteiger partial charge on any atom is 0.296 e. The summed E-state index contributed by atoms with van der Waals surface area (Å²) in [6.45, 7) is 3.84.